The van der Waals surface area contributed by atoms with E-state index in [2.05, 4.69) is 215 Å². The number of hydrogen-bond donors (Lipinski definition) is 1. The topological polar surface area (TPSA) is 48.8 Å². The zero-order valence-electron chi connectivity index (χ0n) is 41.1. The lowest BCUT2D eigenvalue weighted by atomic mass is 9.62. The number of aryl methyl sites for hydroxylation is 1. The SMILES string of the molecule is C/C(N)=C/C=C1/C=CC=CC1.CC/C=C\c1nc(-c2ccc3c(c2)c2cc4c5c(c2n3-c2ccccc2)C(C)C(C)c2c-5c(cc3c5ccccc5n(-c5ccccc5)c23)C(C)C4C)ccc1CC. The monoisotopic (exact) mass is 898 g/mol. The van der Waals surface area contributed by atoms with E-state index in [4.69, 9.17) is 10.7 Å². The molecule has 3 aliphatic rings. The van der Waals surface area contributed by atoms with Gasteiger partial charge in [0.25, 0.3) is 0 Å². The maximum atomic E-state index is 5.48. The minimum atomic E-state index is 0.272. The van der Waals surface area contributed by atoms with Crippen molar-refractivity contribution >= 4 is 49.7 Å². The smallest absolute Gasteiger partial charge is 0.0709 e. The quantitative estimate of drug-likeness (QED) is 0.173. The van der Waals surface area contributed by atoms with Crippen molar-refractivity contribution in [3.8, 4) is 33.8 Å². The molecule has 0 amide bonds. The molecule has 12 rings (SSSR count). The Morgan fingerprint density at radius 2 is 1.23 bits per heavy atom. The molecule has 4 nitrogen and oxygen atoms in total. The van der Waals surface area contributed by atoms with E-state index in [1.165, 1.54) is 99.5 Å². The van der Waals surface area contributed by atoms with Gasteiger partial charge in [0.05, 0.1) is 33.5 Å². The van der Waals surface area contributed by atoms with Crippen molar-refractivity contribution in [2.45, 2.75) is 91.4 Å². The standard InChI is InChI=1S/C55H49N3.C10H13N/c1-7-9-23-46-36(8-2)25-27-47(56-46)37-26-28-49-43(29-37)45-31-42-33(4)32(3)41-30-44-40-22-16-17-24-48(40)57(38-18-12-10-13-19-38)54(44)50-34(5)35(6)51(53(42)52(41)50)55(45)58(49)39-20-14-11-15-21-39;1-9(11)7-8-10-5-3-2-4-6-10/h9-35H,7-8H2,1-6H3;2-5,7-8H,6,11H2,1H3/b23-9-;9-7-,10-8-. The summed E-state index contributed by atoms with van der Waals surface area (Å²) in [6.45, 7) is 16.2. The second-order valence-corrected chi connectivity index (χ2v) is 19.6. The molecule has 3 heterocycles. The number of benzene rings is 6. The fourth-order valence-corrected chi connectivity index (χ4v) is 11.7. The number of pyridine rings is 1. The van der Waals surface area contributed by atoms with Crippen LogP contribution in [-0.2, 0) is 6.42 Å². The van der Waals surface area contributed by atoms with Crippen LogP contribution in [0.5, 0.6) is 0 Å². The first-order valence-electron chi connectivity index (χ1n) is 25.2. The number of fused-ring (bicyclic) bond motifs is 8. The third-order valence-corrected chi connectivity index (χ3v) is 15.5. The Hall–Kier alpha value is -7.43. The zero-order valence-corrected chi connectivity index (χ0v) is 41.1. The summed E-state index contributed by atoms with van der Waals surface area (Å²) in [6.07, 6.45) is 19.7. The Balaban J connectivity index is 0.000000419. The highest BCUT2D eigenvalue weighted by Crippen LogP contribution is 2.61. The molecule has 0 bridgehead atoms. The van der Waals surface area contributed by atoms with Gasteiger partial charge in [0.15, 0.2) is 0 Å². The number of para-hydroxylation sites is 3. The van der Waals surface area contributed by atoms with E-state index in [1.807, 2.05) is 19.1 Å². The van der Waals surface area contributed by atoms with Crippen molar-refractivity contribution in [1.82, 2.24) is 14.1 Å². The third kappa shape index (κ3) is 7.31. The molecular weight excluding hydrogens is 837 g/mol. The van der Waals surface area contributed by atoms with Crippen LogP contribution in [0.1, 0.15) is 118 Å². The fourth-order valence-electron chi connectivity index (χ4n) is 11.7. The van der Waals surface area contributed by atoms with Crippen LogP contribution in [0.3, 0.4) is 0 Å². The minimum absolute atomic E-state index is 0.272. The van der Waals surface area contributed by atoms with Gasteiger partial charge in [-0.1, -0.05) is 145 Å². The van der Waals surface area contributed by atoms with E-state index in [9.17, 15) is 0 Å². The molecule has 0 saturated carbocycles. The van der Waals surface area contributed by atoms with Crippen LogP contribution in [0, 0.1) is 0 Å². The van der Waals surface area contributed by atoms with Crippen molar-refractivity contribution in [3.05, 3.63) is 215 Å². The molecular formula is C65H62N4. The third-order valence-electron chi connectivity index (χ3n) is 15.5. The van der Waals surface area contributed by atoms with Crippen molar-refractivity contribution < 1.29 is 0 Å². The molecule has 342 valence electrons. The summed E-state index contributed by atoms with van der Waals surface area (Å²) in [7, 11) is 0. The predicted molar refractivity (Wildman–Crippen MR) is 295 cm³/mol. The number of allylic oxidation sites excluding steroid dienone is 9. The average Bonchev–Trinajstić information content (AvgIpc) is 3.90. The van der Waals surface area contributed by atoms with Crippen LogP contribution in [-0.4, -0.2) is 14.1 Å². The summed E-state index contributed by atoms with van der Waals surface area (Å²) in [5.41, 5.74) is 28.8. The summed E-state index contributed by atoms with van der Waals surface area (Å²) in [4.78, 5) is 5.26. The van der Waals surface area contributed by atoms with E-state index >= 15 is 0 Å². The van der Waals surface area contributed by atoms with Gasteiger partial charge in [0, 0.05) is 44.2 Å². The molecule has 3 aromatic heterocycles. The molecule has 0 spiro atoms. The number of nitrogens with two attached hydrogens (primary N) is 1. The zero-order chi connectivity index (χ0) is 47.5. The van der Waals surface area contributed by atoms with Gasteiger partial charge >= 0.3 is 0 Å². The summed E-state index contributed by atoms with van der Waals surface area (Å²) < 4.78 is 5.13. The molecule has 4 heteroatoms. The summed E-state index contributed by atoms with van der Waals surface area (Å²) in [6, 6.07) is 47.8. The van der Waals surface area contributed by atoms with Crippen LogP contribution in [0.2, 0.25) is 0 Å². The maximum absolute atomic E-state index is 5.48. The highest BCUT2D eigenvalue weighted by molar-refractivity contribution is 6.17. The molecule has 0 saturated heterocycles. The molecule has 2 N–H and O–H groups in total. The van der Waals surface area contributed by atoms with Gasteiger partial charge in [-0.25, -0.2) is 4.98 Å². The van der Waals surface area contributed by atoms with E-state index in [0.717, 1.165) is 41.9 Å². The van der Waals surface area contributed by atoms with Crippen LogP contribution in [0.25, 0.3) is 83.4 Å². The van der Waals surface area contributed by atoms with Gasteiger partial charge < -0.3 is 14.9 Å². The number of hydrogen-bond acceptors (Lipinski definition) is 2. The molecule has 0 fully saturated rings. The van der Waals surface area contributed by atoms with E-state index < -0.39 is 0 Å². The minimum Gasteiger partial charge on any atom is -0.402 e. The lowest BCUT2D eigenvalue weighted by molar-refractivity contribution is 0.584. The van der Waals surface area contributed by atoms with Gasteiger partial charge in [0.1, 0.15) is 0 Å². The Bertz CT molecular complexity index is 3620. The Morgan fingerprint density at radius 1 is 0.638 bits per heavy atom. The van der Waals surface area contributed by atoms with Gasteiger partial charge in [-0.15, -0.1) is 0 Å². The number of nitrogens with zero attached hydrogens (tertiary/aromatic N) is 3. The van der Waals surface area contributed by atoms with E-state index in [-0.39, 0.29) is 11.8 Å². The van der Waals surface area contributed by atoms with Crippen molar-refractivity contribution in [1.29, 1.82) is 0 Å². The molecule has 9 aromatic rings. The van der Waals surface area contributed by atoms with Crippen LogP contribution < -0.4 is 5.73 Å². The lowest BCUT2D eigenvalue weighted by Crippen LogP contribution is -2.24. The van der Waals surface area contributed by atoms with Gasteiger partial charge in [0.2, 0.25) is 0 Å². The average molecular weight is 899 g/mol. The maximum Gasteiger partial charge on any atom is 0.0709 e. The summed E-state index contributed by atoms with van der Waals surface area (Å²) in [5.74, 6) is 1.27. The first kappa shape index (κ1) is 44.1. The fraction of sp³-hybridized carbons (Fsp3) is 0.215. The normalized spacial score (nSPS) is 19.0. The molecule has 69 heavy (non-hydrogen) atoms. The molecule has 6 aromatic carbocycles. The summed E-state index contributed by atoms with van der Waals surface area (Å²) >= 11 is 0. The van der Waals surface area contributed by atoms with Crippen LogP contribution >= 0.6 is 0 Å². The Morgan fingerprint density at radius 3 is 1.81 bits per heavy atom. The van der Waals surface area contributed by atoms with Gasteiger partial charge in [-0.3, -0.25) is 0 Å². The molecule has 0 radical (unpaired) electrons. The molecule has 3 aliphatic carbocycles. The first-order chi connectivity index (χ1) is 33.7. The highest BCUT2D eigenvalue weighted by Gasteiger charge is 2.42. The van der Waals surface area contributed by atoms with Crippen LogP contribution in [0.15, 0.2) is 181 Å². The predicted octanol–water partition coefficient (Wildman–Crippen LogP) is 17.3. The molecule has 4 atom stereocenters. The molecule has 0 aliphatic heterocycles. The van der Waals surface area contributed by atoms with Gasteiger partial charge in [-0.05, 0) is 167 Å². The second kappa shape index (κ2) is 17.9. The first-order valence-corrected chi connectivity index (χ1v) is 25.2. The van der Waals surface area contributed by atoms with Crippen LogP contribution in [0.4, 0.5) is 0 Å². The van der Waals surface area contributed by atoms with Crippen molar-refractivity contribution in [2.24, 2.45) is 5.73 Å². The lowest BCUT2D eigenvalue weighted by Gasteiger charge is -2.42. The Kier molecular flexibility index (Phi) is 11.4. The number of rotatable bonds is 7. The van der Waals surface area contributed by atoms with Crippen molar-refractivity contribution in [3.63, 3.8) is 0 Å². The largest absolute Gasteiger partial charge is 0.402 e. The van der Waals surface area contributed by atoms with E-state index in [1.54, 1.807) is 0 Å². The van der Waals surface area contributed by atoms with Crippen molar-refractivity contribution in [2.75, 3.05) is 0 Å². The summed E-state index contributed by atoms with van der Waals surface area (Å²) in [5, 5.41) is 5.34. The molecule has 4 unspecified atom stereocenters. The number of aromatic nitrogens is 3. The van der Waals surface area contributed by atoms with E-state index in [0.29, 0.717) is 11.8 Å². The highest BCUT2D eigenvalue weighted by atomic mass is 15.0. The van der Waals surface area contributed by atoms with Gasteiger partial charge in [-0.2, -0.15) is 0 Å². The second-order valence-electron chi connectivity index (χ2n) is 19.6. The Labute approximate surface area is 407 Å².